The van der Waals surface area contributed by atoms with E-state index in [1.54, 1.807) is 13.2 Å². The van der Waals surface area contributed by atoms with Crippen LogP contribution < -0.4 is 5.73 Å². The van der Waals surface area contributed by atoms with Crippen LogP contribution in [0.1, 0.15) is 45.4 Å². The van der Waals surface area contributed by atoms with Crippen LogP contribution in [0.25, 0.3) is 5.76 Å². The molecule has 0 aliphatic heterocycles. The highest BCUT2D eigenvalue weighted by Gasteiger charge is 2.01. The Kier molecular flexibility index (Phi) is 18.8. The van der Waals surface area contributed by atoms with Gasteiger partial charge in [0.2, 0.25) is 0 Å². The fourth-order valence-corrected chi connectivity index (χ4v) is 1.64. The summed E-state index contributed by atoms with van der Waals surface area (Å²) in [6, 6.07) is 4.06. The molecule has 0 spiro atoms. The second-order valence-corrected chi connectivity index (χ2v) is 5.15. The molecule has 1 aromatic rings. The molecule has 0 amide bonds. The highest BCUT2D eigenvalue weighted by Crippen LogP contribution is 2.13. The Bertz CT molecular complexity index is 579. The van der Waals surface area contributed by atoms with Crippen molar-refractivity contribution in [3.8, 4) is 0 Å². The number of pyridine rings is 1. The zero-order chi connectivity index (χ0) is 20.2. The fraction of sp³-hybridized carbons (Fsp3) is 0.348. The minimum Gasteiger partial charge on any atom is -0.494 e. The summed E-state index contributed by atoms with van der Waals surface area (Å²) in [6.07, 6.45) is 17.6. The maximum Gasteiger partial charge on any atom is 0.144 e. The summed E-state index contributed by atoms with van der Waals surface area (Å²) in [7, 11) is 3.16. The molecule has 0 saturated heterocycles. The lowest BCUT2D eigenvalue weighted by atomic mass is 10.2. The minimum absolute atomic E-state index is 0.788. The Balaban J connectivity index is 0. The highest BCUT2D eigenvalue weighted by atomic mass is 16.5. The van der Waals surface area contributed by atoms with Crippen molar-refractivity contribution in [3.63, 3.8) is 0 Å². The Morgan fingerprint density at radius 2 is 1.85 bits per heavy atom. The van der Waals surface area contributed by atoms with Crippen LogP contribution in [0.4, 0.5) is 0 Å². The van der Waals surface area contributed by atoms with E-state index in [2.05, 4.69) is 50.2 Å². The van der Waals surface area contributed by atoms with Crippen molar-refractivity contribution in [2.45, 2.75) is 40.5 Å². The van der Waals surface area contributed by atoms with Crippen molar-refractivity contribution in [1.82, 2.24) is 4.98 Å². The Morgan fingerprint density at radius 1 is 1.15 bits per heavy atom. The van der Waals surface area contributed by atoms with Crippen LogP contribution in [0.15, 0.2) is 73.0 Å². The largest absolute Gasteiger partial charge is 0.494 e. The van der Waals surface area contributed by atoms with Gasteiger partial charge in [0, 0.05) is 6.20 Å². The average Bonchev–Trinajstić information content (AvgIpc) is 2.71. The third-order valence-electron chi connectivity index (χ3n) is 3.33. The summed E-state index contributed by atoms with van der Waals surface area (Å²) < 4.78 is 5.26. The third-order valence-corrected chi connectivity index (χ3v) is 3.33. The van der Waals surface area contributed by atoms with Gasteiger partial charge < -0.3 is 10.5 Å². The first kappa shape index (κ1) is 25.8. The lowest BCUT2D eigenvalue weighted by Crippen LogP contribution is -1.92. The number of nitrogens with two attached hydrogens (primary N) is 1. The topological polar surface area (TPSA) is 48.1 Å². The van der Waals surface area contributed by atoms with Crippen molar-refractivity contribution in [1.29, 1.82) is 0 Å². The SMILES string of the molecule is C/C=C/C=C(\OC)c1ccc(CC)cn1.C=C/C=C\C=C(/C)CC.CN. The number of aryl methyl sites for hydroxylation is 1. The van der Waals surface area contributed by atoms with Gasteiger partial charge in [0.15, 0.2) is 0 Å². The predicted molar refractivity (Wildman–Crippen MR) is 117 cm³/mol. The van der Waals surface area contributed by atoms with Crippen LogP contribution in [0.2, 0.25) is 0 Å². The van der Waals surface area contributed by atoms with Crippen LogP contribution in [-0.2, 0) is 11.2 Å². The maximum absolute atomic E-state index is 5.26. The first-order valence-corrected chi connectivity index (χ1v) is 8.97. The van der Waals surface area contributed by atoms with Crippen molar-refractivity contribution < 1.29 is 4.74 Å². The van der Waals surface area contributed by atoms with Crippen molar-refractivity contribution >= 4 is 5.76 Å². The molecule has 3 heteroatoms. The van der Waals surface area contributed by atoms with E-state index in [9.17, 15) is 0 Å². The van der Waals surface area contributed by atoms with Gasteiger partial charge in [0.25, 0.3) is 0 Å². The summed E-state index contributed by atoms with van der Waals surface area (Å²) in [4.78, 5) is 4.35. The monoisotopic (exact) mass is 356 g/mol. The number of hydrogen-bond donors (Lipinski definition) is 1. The van der Waals surface area contributed by atoms with Gasteiger partial charge in [-0.05, 0) is 51.4 Å². The number of allylic oxidation sites excluding steroid dienone is 8. The summed E-state index contributed by atoms with van der Waals surface area (Å²) >= 11 is 0. The maximum atomic E-state index is 5.26. The molecule has 0 saturated carbocycles. The minimum atomic E-state index is 0.788. The standard InChI is InChI=1S/C13H17NO.C9H14.CH5N/c1-4-6-7-13(15-3)12-9-8-11(5-2)10-14-12;1-4-6-7-8-9(3)5-2;1-2/h4,6-10H,5H2,1-3H3;4,6-8H,1,5H2,2-3H3;2H2,1H3/b6-4+,13-7-;7-6-,9-8+;. The smallest absolute Gasteiger partial charge is 0.144 e. The van der Waals surface area contributed by atoms with Gasteiger partial charge in [-0.25, -0.2) is 0 Å². The van der Waals surface area contributed by atoms with Gasteiger partial charge in [0.1, 0.15) is 11.5 Å². The molecular weight excluding hydrogens is 320 g/mol. The summed E-state index contributed by atoms with van der Waals surface area (Å²) in [6.45, 7) is 11.9. The summed E-state index contributed by atoms with van der Waals surface area (Å²) in [5.41, 5.74) is 8.00. The van der Waals surface area contributed by atoms with Crippen LogP contribution in [0.3, 0.4) is 0 Å². The molecule has 26 heavy (non-hydrogen) atoms. The molecule has 0 aromatic carbocycles. The Labute approximate surface area is 160 Å². The van der Waals surface area contributed by atoms with Crippen molar-refractivity contribution in [3.05, 3.63) is 84.3 Å². The number of hydrogen-bond acceptors (Lipinski definition) is 3. The van der Waals surface area contributed by atoms with E-state index < -0.39 is 0 Å². The number of nitrogens with zero attached hydrogens (tertiary/aromatic N) is 1. The van der Waals surface area contributed by atoms with Gasteiger partial charge in [-0.3, -0.25) is 4.98 Å². The molecule has 2 N–H and O–H groups in total. The lowest BCUT2D eigenvalue weighted by molar-refractivity contribution is 0.368. The molecule has 1 heterocycles. The van der Waals surface area contributed by atoms with Crippen molar-refractivity contribution in [2.75, 3.05) is 14.2 Å². The molecule has 0 bridgehead atoms. The summed E-state index contributed by atoms with van der Waals surface area (Å²) in [5, 5.41) is 0. The average molecular weight is 357 g/mol. The first-order chi connectivity index (χ1) is 12.6. The first-order valence-electron chi connectivity index (χ1n) is 8.97. The molecule has 0 radical (unpaired) electrons. The van der Waals surface area contributed by atoms with E-state index in [0.717, 1.165) is 24.3 Å². The van der Waals surface area contributed by atoms with Gasteiger partial charge >= 0.3 is 0 Å². The van der Waals surface area contributed by atoms with Gasteiger partial charge in [-0.15, -0.1) is 0 Å². The van der Waals surface area contributed by atoms with E-state index in [1.165, 1.54) is 18.2 Å². The second-order valence-electron chi connectivity index (χ2n) is 5.15. The van der Waals surface area contributed by atoms with E-state index in [-0.39, 0.29) is 0 Å². The number of aromatic nitrogens is 1. The fourth-order valence-electron chi connectivity index (χ4n) is 1.64. The quantitative estimate of drug-likeness (QED) is 0.491. The molecule has 0 unspecified atom stereocenters. The van der Waals surface area contributed by atoms with Gasteiger partial charge in [-0.2, -0.15) is 0 Å². The normalized spacial score (nSPS) is 11.5. The molecule has 3 nitrogen and oxygen atoms in total. The van der Waals surface area contributed by atoms with Crippen LogP contribution in [0, 0.1) is 0 Å². The number of rotatable bonds is 7. The second kappa shape index (κ2) is 18.9. The van der Waals surface area contributed by atoms with Gasteiger partial charge in [0.05, 0.1) is 7.11 Å². The van der Waals surface area contributed by atoms with E-state index in [4.69, 9.17) is 4.74 Å². The molecule has 0 atom stereocenters. The highest BCUT2D eigenvalue weighted by molar-refractivity contribution is 5.57. The van der Waals surface area contributed by atoms with Gasteiger partial charge in [-0.1, -0.05) is 68.5 Å². The number of methoxy groups -OCH3 is 1. The molecule has 1 aromatic heterocycles. The van der Waals surface area contributed by atoms with E-state index in [0.29, 0.717) is 0 Å². The van der Waals surface area contributed by atoms with Crippen LogP contribution >= 0.6 is 0 Å². The number of ether oxygens (including phenoxy) is 1. The van der Waals surface area contributed by atoms with E-state index in [1.807, 2.05) is 49.6 Å². The predicted octanol–water partition coefficient (Wildman–Crippen LogP) is 5.87. The van der Waals surface area contributed by atoms with Crippen molar-refractivity contribution in [2.24, 2.45) is 5.73 Å². The third kappa shape index (κ3) is 13.0. The molecule has 1 rings (SSSR count). The van der Waals surface area contributed by atoms with E-state index >= 15 is 0 Å². The zero-order valence-corrected chi connectivity index (χ0v) is 17.3. The van der Waals surface area contributed by atoms with Crippen LogP contribution in [0.5, 0.6) is 0 Å². The lowest BCUT2D eigenvalue weighted by Gasteiger charge is -2.05. The van der Waals surface area contributed by atoms with Crippen LogP contribution in [-0.4, -0.2) is 19.1 Å². The Hall–Kier alpha value is -2.39. The molecule has 0 fully saturated rings. The Morgan fingerprint density at radius 3 is 2.27 bits per heavy atom. The molecule has 144 valence electrons. The molecular formula is C23H36N2O. The summed E-state index contributed by atoms with van der Waals surface area (Å²) in [5.74, 6) is 0.788. The molecule has 0 aliphatic rings. The molecule has 0 aliphatic carbocycles. The zero-order valence-electron chi connectivity index (χ0n) is 17.3.